The molecule has 6 N–H and O–H groups in total. The zero-order chi connectivity index (χ0) is 24.8. The van der Waals surface area contributed by atoms with Crippen LogP contribution in [0.15, 0.2) is 109 Å². The number of carboxylic acids is 2. The Morgan fingerprint density at radius 3 is 1.06 bits per heavy atom. The second-order valence-corrected chi connectivity index (χ2v) is 7.62. The number of carbonyl (C=O) groups is 2. The Balaban J connectivity index is 0.000000181. The third-order valence-corrected chi connectivity index (χ3v) is 4.89. The highest BCUT2D eigenvalue weighted by Crippen LogP contribution is 2.11. The summed E-state index contributed by atoms with van der Waals surface area (Å²) in [6.45, 7) is 0. The van der Waals surface area contributed by atoms with E-state index in [1.165, 1.54) is 10.8 Å². The number of rotatable bonds is 6. The van der Waals surface area contributed by atoms with E-state index in [1.54, 1.807) is 0 Å². The van der Waals surface area contributed by atoms with Crippen LogP contribution in [0.1, 0.15) is 11.1 Å². The molecule has 0 saturated carbocycles. The van der Waals surface area contributed by atoms with Gasteiger partial charge in [0.2, 0.25) is 0 Å². The first-order valence-electron chi connectivity index (χ1n) is 10.8. The molecule has 0 aliphatic carbocycles. The fraction of sp³-hybridized carbons (Fsp3) is 0.143. The van der Waals surface area contributed by atoms with Crippen LogP contribution in [0.25, 0.3) is 10.8 Å². The maximum atomic E-state index is 10.4. The van der Waals surface area contributed by atoms with Gasteiger partial charge in [-0.15, -0.1) is 0 Å². The smallest absolute Gasteiger partial charge is 0.320 e. The van der Waals surface area contributed by atoms with Gasteiger partial charge in [0.25, 0.3) is 0 Å². The van der Waals surface area contributed by atoms with Crippen molar-refractivity contribution in [1.29, 1.82) is 0 Å². The van der Waals surface area contributed by atoms with Crippen molar-refractivity contribution in [2.24, 2.45) is 11.5 Å². The number of nitrogens with two attached hydrogens (primary N) is 2. The first-order chi connectivity index (χ1) is 16.4. The Bertz CT molecular complexity index is 1030. The van der Waals surface area contributed by atoms with Crippen LogP contribution in [0, 0.1) is 0 Å². The number of hydrogen-bond acceptors (Lipinski definition) is 4. The second-order valence-electron chi connectivity index (χ2n) is 7.62. The number of fused-ring (bicyclic) bond motifs is 1. The Labute approximate surface area is 199 Å². The van der Waals surface area contributed by atoms with Crippen molar-refractivity contribution in [3.05, 3.63) is 120 Å². The fourth-order valence-electron chi connectivity index (χ4n) is 3.04. The summed E-state index contributed by atoms with van der Waals surface area (Å²) < 4.78 is 0. The summed E-state index contributed by atoms with van der Waals surface area (Å²) in [5, 5.41) is 19.7. The Hall–Kier alpha value is -4.00. The van der Waals surface area contributed by atoms with Crippen LogP contribution in [0.3, 0.4) is 0 Å². The molecule has 0 aliphatic rings. The van der Waals surface area contributed by atoms with E-state index in [-0.39, 0.29) is 0 Å². The number of benzene rings is 4. The van der Waals surface area contributed by atoms with E-state index < -0.39 is 24.0 Å². The molecule has 34 heavy (non-hydrogen) atoms. The molecule has 0 spiro atoms. The van der Waals surface area contributed by atoms with Crippen LogP contribution in [-0.4, -0.2) is 34.2 Å². The number of hydrogen-bond donors (Lipinski definition) is 4. The molecule has 0 aromatic heterocycles. The normalized spacial score (nSPS) is 11.7. The van der Waals surface area contributed by atoms with Crippen LogP contribution >= 0.6 is 0 Å². The van der Waals surface area contributed by atoms with Gasteiger partial charge in [0.1, 0.15) is 12.1 Å². The van der Waals surface area contributed by atoms with Gasteiger partial charge in [0.05, 0.1) is 0 Å². The molecule has 0 fully saturated rings. The van der Waals surface area contributed by atoms with E-state index in [0.29, 0.717) is 12.8 Å². The summed E-state index contributed by atoms with van der Waals surface area (Å²) in [6, 6.07) is 33.8. The lowest BCUT2D eigenvalue weighted by Gasteiger charge is -2.04. The molecular weight excluding hydrogens is 428 g/mol. The van der Waals surface area contributed by atoms with Gasteiger partial charge < -0.3 is 21.7 Å². The molecule has 6 nitrogen and oxygen atoms in total. The monoisotopic (exact) mass is 458 g/mol. The van der Waals surface area contributed by atoms with Gasteiger partial charge in [-0.2, -0.15) is 0 Å². The SMILES string of the molecule is N[C@@H](Cc1ccccc1)C(=O)O.N[C@@H](Cc1ccccc1)C(=O)O.c1ccc2ccccc2c1. The summed E-state index contributed by atoms with van der Waals surface area (Å²) in [5.74, 6) is -1.92. The van der Waals surface area contributed by atoms with Gasteiger partial charge in [0, 0.05) is 0 Å². The van der Waals surface area contributed by atoms with Gasteiger partial charge >= 0.3 is 11.9 Å². The predicted molar refractivity (Wildman–Crippen MR) is 135 cm³/mol. The minimum absolute atomic E-state index is 0.385. The summed E-state index contributed by atoms with van der Waals surface area (Å²) >= 11 is 0. The van der Waals surface area contributed by atoms with Crippen molar-refractivity contribution >= 4 is 22.7 Å². The Morgan fingerprint density at radius 2 is 0.794 bits per heavy atom. The molecule has 176 valence electrons. The molecule has 0 radical (unpaired) electrons. The van der Waals surface area contributed by atoms with E-state index in [4.69, 9.17) is 21.7 Å². The Kier molecular flexibility index (Phi) is 11.0. The fourth-order valence-corrected chi connectivity index (χ4v) is 3.04. The first-order valence-corrected chi connectivity index (χ1v) is 10.8. The third kappa shape index (κ3) is 9.65. The van der Waals surface area contributed by atoms with Crippen molar-refractivity contribution < 1.29 is 19.8 Å². The van der Waals surface area contributed by atoms with Crippen LogP contribution < -0.4 is 11.5 Å². The van der Waals surface area contributed by atoms with Gasteiger partial charge in [-0.25, -0.2) is 0 Å². The maximum Gasteiger partial charge on any atom is 0.320 e. The van der Waals surface area contributed by atoms with E-state index >= 15 is 0 Å². The van der Waals surface area contributed by atoms with Gasteiger partial charge in [-0.3, -0.25) is 9.59 Å². The van der Waals surface area contributed by atoms with Crippen LogP contribution in [0.4, 0.5) is 0 Å². The van der Waals surface area contributed by atoms with Crippen molar-refractivity contribution in [2.75, 3.05) is 0 Å². The van der Waals surface area contributed by atoms with E-state index in [2.05, 4.69) is 48.5 Å². The lowest BCUT2D eigenvalue weighted by Crippen LogP contribution is -2.32. The summed E-state index contributed by atoms with van der Waals surface area (Å²) in [6.07, 6.45) is 0.770. The first kappa shape index (κ1) is 26.3. The largest absolute Gasteiger partial charge is 0.480 e. The molecule has 0 amide bonds. The molecule has 0 saturated heterocycles. The highest BCUT2D eigenvalue weighted by atomic mass is 16.4. The molecule has 2 atom stereocenters. The van der Waals surface area contributed by atoms with Crippen molar-refractivity contribution in [1.82, 2.24) is 0 Å². The predicted octanol–water partition coefficient (Wildman–Crippen LogP) is 4.12. The van der Waals surface area contributed by atoms with Crippen LogP contribution in [0.2, 0.25) is 0 Å². The minimum atomic E-state index is -0.959. The van der Waals surface area contributed by atoms with Gasteiger partial charge in [-0.1, -0.05) is 109 Å². The third-order valence-electron chi connectivity index (χ3n) is 4.89. The maximum absolute atomic E-state index is 10.4. The van der Waals surface area contributed by atoms with E-state index in [0.717, 1.165) is 11.1 Å². The van der Waals surface area contributed by atoms with Crippen molar-refractivity contribution in [2.45, 2.75) is 24.9 Å². The van der Waals surface area contributed by atoms with Gasteiger partial charge in [0.15, 0.2) is 0 Å². The molecule has 0 bridgehead atoms. The molecule has 4 rings (SSSR count). The molecule has 0 heterocycles. The topological polar surface area (TPSA) is 127 Å². The molecule has 4 aromatic rings. The summed E-state index contributed by atoms with van der Waals surface area (Å²) in [4.78, 5) is 20.8. The van der Waals surface area contributed by atoms with Crippen molar-refractivity contribution in [3.8, 4) is 0 Å². The molecule has 0 unspecified atom stereocenters. The standard InChI is InChI=1S/C10H8.2C9H11NO2/c1-2-6-10-8-4-3-7-9(10)5-1;2*10-8(9(11)12)6-7-4-2-1-3-5-7/h1-8H;2*1-5,8H,6,10H2,(H,11,12)/t;2*8-/m.00/s1. The lowest BCUT2D eigenvalue weighted by atomic mass is 10.1. The quantitative estimate of drug-likeness (QED) is 0.344. The average molecular weight is 459 g/mol. The summed E-state index contributed by atoms with van der Waals surface area (Å²) in [7, 11) is 0. The van der Waals surface area contributed by atoms with Gasteiger partial charge in [-0.05, 0) is 34.7 Å². The number of aliphatic carboxylic acids is 2. The van der Waals surface area contributed by atoms with Crippen molar-refractivity contribution in [3.63, 3.8) is 0 Å². The lowest BCUT2D eigenvalue weighted by molar-refractivity contribution is -0.139. The minimum Gasteiger partial charge on any atom is -0.480 e. The molecular formula is C28H30N2O4. The second kappa shape index (κ2) is 14.2. The van der Waals surface area contributed by atoms with Crippen LogP contribution in [0.5, 0.6) is 0 Å². The van der Waals surface area contributed by atoms with E-state index in [1.807, 2.05) is 60.7 Å². The average Bonchev–Trinajstić information content (AvgIpc) is 2.86. The number of carboxylic acid groups (broad SMARTS) is 2. The molecule has 0 aliphatic heterocycles. The molecule has 6 heteroatoms. The summed E-state index contributed by atoms with van der Waals surface area (Å²) in [5.41, 5.74) is 12.6. The highest BCUT2D eigenvalue weighted by Gasteiger charge is 2.11. The zero-order valence-electron chi connectivity index (χ0n) is 18.8. The molecule has 4 aromatic carbocycles. The Morgan fingerprint density at radius 1 is 0.529 bits per heavy atom. The van der Waals surface area contributed by atoms with E-state index in [9.17, 15) is 9.59 Å². The highest BCUT2D eigenvalue weighted by molar-refractivity contribution is 5.82. The zero-order valence-corrected chi connectivity index (χ0v) is 18.8. The van der Waals surface area contributed by atoms with Crippen LogP contribution in [-0.2, 0) is 22.4 Å².